The highest BCUT2D eigenvalue weighted by molar-refractivity contribution is 5.65. The molecule has 3 heterocycles. The molecule has 0 atom stereocenters. The number of nitrogens with zero attached hydrogens (tertiary/aromatic N) is 4. The summed E-state index contributed by atoms with van der Waals surface area (Å²) in [6.45, 7) is 4.92. The van der Waals surface area contributed by atoms with Crippen molar-refractivity contribution in [3.8, 4) is 0 Å². The van der Waals surface area contributed by atoms with Crippen LogP contribution in [0.15, 0.2) is 24.5 Å². The average molecular weight is 305 g/mol. The first-order valence-corrected chi connectivity index (χ1v) is 7.88. The second-order valence-electron chi connectivity index (χ2n) is 5.75. The molecule has 2 saturated heterocycles. The number of rotatable bonds is 3. The fourth-order valence-corrected chi connectivity index (χ4v) is 3.28. The maximum Gasteiger partial charge on any atom is 0.422 e. The van der Waals surface area contributed by atoms with Crippen molar-refractivity contribution in [2.75, 3.05) is 44.2 Å². The van der Waals surface area contributed by atoms with Gasteiger partial charge in [0.15, 0.2) is 0 Å². The van der Waals surface area contributed by atoms with Gasteiger partial charge in [0.25, 0.3) is 0 Å². The van der Waals surface area contributed by atoms with E-state index in [9.17, 15) is 9.90 Å². The second-order valence-corrected chi connectivity index (χ2v) is 5.75. The van der Waals surface area contributed by atoms with Gasteiger partial charge in [-0.1, -0.05) is 0 Å². The van der Waals surface area contributed by atoms with E-state index in [2.05, 4.69) is 15.2 Å². The van der Waals surface area contributed by atoms with E-state index in [1.54, 1.807) is 17.4 Å². The molecule has 2 aliphatic heterocycles. The number of hydrogen-bond acceptors (Lipinski definition) is 5. The molecule has 7 heteroatoms. The Kier molecular flexibility index (Phi) is 4.74. The number of aromatic nitrogens is 1. The predicted molar refractivity (Wildman–Crippen MR) is 83.8 cm³/mol. The van der Waals surface area contributed by atoms with Crippen LogP contribution in [0.1, 0.15) is 12.8 Å². The van der Waals surface area contributed by atoms with Crippen LogP contribution in [0.25, 0.3) is 0 Å². The summed E-state index contributed by atoms with van der Waals surface area (Å²) >= 11 is 0. The maximum absolute atomic E-state index is 11.7. The molecule has 2 fully saturated rings. The highest BCUT2D eigenvalue weighted by atomic mass is 16.4. The van der Waals surface area contributed by atoms with Gasteiger partial charge in [0.2, 0.25) is 0 Å². The number of pyridine rings is 1. The van der Waals surface area contributed by atoms with Gasteiger partial charge in [0.05, 0.1) is 6.04 Å². The molecule has 2 aliphatic rings. The highest BCUT2D eigenvalue weighted by Crippen LogP contribution is 2.19. The van der Waals surface area contributed by atoms with E-state index in [0.717, 1.165) is 57.8 Å². The summed E-state index contributed by atoms with van der Waals surface area (Å²) in [5, 5.41) is 16.5. The number of anilines is 1. The molecule has 1 aromatic heterocycles. The van der Waals surface area contributed by atoms with Crippen molar-refractivity contribution in [1.29, 1.82) is 0 Å². The molecule has 0 bridgehead atoms. The van der Waals surface area contributed by atoms with E-state index in [-0.39, 0.29) is 6.04 Å². The molecule has 0 saturated carbocycles. The normalized spacial score (nSPS) is 20.8. The van der Waals surface area contributed by atoms with Crippen LogP contribution in [0.3, 0.4) is 0 Å². The largest absolute Gasteiger partial charge is 0.464 e. The average Bonchev–Trinajstić information content (AvgIpc) is 2.57. The Labute approximate surface area is 130 Å². The minimum atomic E-state index is -0.829. The third-order valence-electron chi connectivity index (χ3n) is 4.44. The summed E-state index contributed by atoms with van der Waals surface area (Å²) in [6.07, 6.45) is 4.53. The molecule has 3 rings (SSSR count). The number of nitrogens with one attached hydrogen (secondary N) is 1. The van der Waals surface area contributed by atoms with Crippen LogP contribution in [0.5, 0.6) is 0 Å². The number of carboxylic acid groups (broad SMARTS) is 1. The van der Waals surface area contributed by atoms with E-state index in [1.807, 2.05) is 17.1 Å². The first-order chi connectivity index (χ1) is 10.8. The summed E-state index contributed by atoms with van der Waals surface area (Å²) in [5.41, 5.74) is 1.15. The number of amides is 1. The first-order valence-electron chi connectivity index (χ1n) is 7.88. The number of hydrazine groups is 1. The standard InChI is InChI=1S/C15H23N5O2/c21-15(22)20(14-3-7-17-8-4-14)19-11-9-18(10-12-19)13-1-5-16-6-2-13/h1-2,5-6,14,17H,3-4,7-12H2,(H,21,22). The molecular weight excluding hydrogens is 282 g/mol. The fraction of sp³-hybridized carbons (Fsp3) is 0.600. The van der Waals surface area contributed by atoms with Gasteiger partial charge in [0, 0.05) is 44.3 Å². The van der Waals surface area contributed by atoms with Crippen LogP contribution in [-0.4, -0.2) is 71.5 Å². The molecule has 22 heavy (non-hydrogen) atoms. The minimum Gasteiger partial charge on any atom is -0.464 e. The van der Waals surface area contributed by atoms with Crippen molar-refractivity contribution in [3.63, 3.8) is 0 Å². The Morgan fingerprint density at radius 3 is 2.41 bits per heavy atom. The van der Waals surface area contributed by atoms with Crippen LogP contribution < -0.4 is 10.2 Å². The Hall–Kier alpha value is -1.86. The second kappa shape index (κ2) is 6.93. The topological polar surface area (TPSA) is 71.9 Å². The third kappa shape index (κ3) is 3.31. The Balaban J connectivity index is 1.62. The lowest BCUT2D eigenvalue weighted by Gasteiger charge is -2.44. The van der Waals surface area contributed by atoms with Crippen molar-refractivity contribution in [2.45, 2.75) is 18.9 Å². The van der Waals surface area contributed by atoms with Crippen molar-refractivity contribution >= 4 is 11.8 Å². The lowest BCUT2D eigenvalue weighted by molar-refractivity contribution is -0.0502. The van der Waals surface area contributed by atoms with Gasteiger partial charge in [-0.2, -0.15) is 0 Å². The monoisotopic (exact) mass is 305 g/mol. The number of piperidine rings is 1. The predicted octanol–water partition coefficient (Wildman–Crippen LogP) is 0.851. The van der Waals surface area contributed by atoms with E-state index >= 15 is 0 Å². The summed E-state index contributed by atoms with van der Waals surface area (Å²) in [6, 6.07) is 4.10. The molecule has 1 amide bonds. The maximum atomic E-state index is 11.7. The zero-order chi connectivity index (χ0) is 15.4. The Morgan fingerprint density at radius 2 is 1.82 bits per heavy atom. The lowest BCUT2D eigenvalue weighted by Crippen LogP contribution is -2.60. The Bertz CT molecular complexity index is 484. The van der Waals surface area contributed by atoms with Crippen LogP contribution in [-0.2, 0) is 0 Å². The summed E-state index contributed by atoms with van der Waals surface area (Å²) in [7, 11) is 0. The van der Waals surface area contributed by atoms with Crippen molar-refractivity contribution < 1.29 is 9.90 Å². The van der Waals surface area contributed by atoms with Crippen LogP contribution in [0.2, 0.25) is 0 Å². The van der Waals surface area contributed by atoms with Crippen molar-refractivity contribution in [1.82, 2.24) is 20.3 Å². The summed E-state index contributed by atoms with van der Waals surface area (Å²) < 4.78 is 0. The fourth-order valence-electron chi connectivity index (χ4n) is 3.28. The molecule has 0 aliphatic carbocycles. The van der Waals surface area contributed by atoms with Crippen LogP contribution in [0.4, 0.5) is 10.5 Å². The molecule has 0 radical (unpaired) electrons. The van der Waals surface area contributed by atoms with Gasteiger partial charge >= 0.3 is 6.09 Å². The van der Waals surface area contributed by atoms with Crippen molar-refractivity contribution in [3.05, 3.63) is 24.5 Å². The molecule has 0 aromatic carbocycles. The first kappa shape index (κ1) is 15.1. The molecule has 0 spiro atoms. The van der Waals surface area contributed by atoms with Crippen LogP contribution in [0, 0.1) is 0 Å². The quantitative estimate of drug-likeness (QED) is 0.863. The highest BCUT2D eigenvalue weighted by Gasteiger charge is 2.32. The molecule has 2 N–H and O–H groups in total. The third-order valence-corrected chi connectivity index (χ3v) is 4.44. The number of piperazine rings is 1. The molecule has 1 aromatic rings. The zero-order valence-electron chi connectivity index (χ0n) is 12.7. The van der Waals surface area contributed by atoms with Gasteiger partial charge in [-0.3, -0.25) is 4.98 Å². The summed E-state index contributed by atoms with van der Waals surface area (Å²) in [5.74, 6) is 0. The number of hydrogen-bond donors (Lipinski definition) is 2. The minimum absolute atomic E-state index is 0.103. The molecule has 7 nitrogen and oxygen atoms in total. The zero-order valence-corrected chi connectivity index (χ0v) is 12.7. The lowest BCUT2D eigenvalue weighted by atomic mass is 10.1. The Morgan fingerprint density at radius 1 is 1.18 bits per heavy atom. The number of carbonyl (C=O) groups is 1. The van der Waals surface area contributed by atoms with E-state index in [0.29, 0.717) is 0 Å². The molecule has 0 unspecified atom stereocenters. The van der Waals surface area contributed by atoms with Gasteiger partial charge < -0.3 is 15.3 Å². The SMILES string of the molecule is O=C(O)N(C1CCNCC1)N1CCN(c2ccncc2)CC1. The smallest absolute Gasteiger partial charge is 0.422 e. The van der Waals surface area contributed by atoms with Gasteiger partial charge in [-0.05, 0) is 38.1 Å². The molecular formula is C15H23N5O2. The van der Waals surface area contributed by atoms with Gasteiger partial charge in [-0.15, -0.1) is 0 Å². The van der Waals surface area contributed by atoms with Crippen LogP contribution >= 0.6 is 0 Å². The van der Waals surface area contributed by atoms with Gasteiger partial charge in [-0.25, -0.2) is 14.8 Å². The van der Waals surface area contributed by atoms with Gasteiger partial charge in [0.1, 0.15) is 0 Å². The van der Waals surface area contributed by atoms with Crippen molar-refractivity contribution in [2.24, 2.45) is 0 Å². The molecule has 120 valence electrons. The van der Waals surface area contributed by atoms with E-state index < -0.39 is 6.09 Å². The van der Waals surface area contributed by atoms with E-state index in [4.69, 9.17) is 0 Å². The van der Waals surface area contributed by atoms with E-state index in [1.165, 1.54) is 0 Å². The summed E-state index contributed by atoms with van der Waals surface area (Å²) in [4.78, 5) is 18.0.